The van der Waals surface area contributed by atoms with Crippen LogP contribution in [0.25, 0.3) is 22.5 Å². The number of aryl methyl sites for hydroxylation is 2. The van der Waals surface area contributed by atoms with Gasteiger partial charge in [0.25, 0.3) is 0 Å². The Labute approximate surface area is 221 Å². The summed E-state index contributed by atoms with van der Waals surface area (Å²) in [5.41, 5.74) is 5.94. The molecule has 37 heavy (non-hydrogen) atoms. The molecule has 198 valence electrons. The van der Waals surface area contributed by atoms with Crippen LogP contribution in [-0.2, 0) is 9.53 Å². The number of hydrogen-bond donors (Lipinski definition) is 1. The van der Waals surface area contributed by atoms with E-state index in [0.29, 0.717) is 13.2 Å². The average Bonchev–Trinajstić information content (AvgIpc) is 2.83. The van der Waals surface area contributed by atoms with Gasteiger partial charge in [-0.3, -0.25) is 9.78 Å². The lowest BCUT2D eigenvalue weighted by molar-refractivity contribution is -0.140. The third-order valence-electron chi connectivity index (χ3n) is 6.39. The van der Waals surface area contributed by atoms with Crippen molar-refractivity contribution in [2.45, 2.75) is 66.8 Å². The summed E-state index contributed by atoms with van der Waals surface area (Å²) in [6.45, 7) is 14.3. The fraction of sp³-hybridized carbons (Fsp3) is 0.452. The monoisotopic (exact) mass is 503 g/mol. The van der Waals surface area contributed by atoms with Crippen LogP contribution >= 0.6 is 0 Å². The van der Waals surface area contributed by atoms with Crippen molar-refractivity contribution in [1.29, 1.82) is 0 Å². The number of hydrogen-bond acceptors (Lipinski definition) is 5. The summed E-state index contributed by atoms with van der Waals surface area (Å²) in [6, 6.07) is 17.1. The van der Waals surface area contributed by atoms with E-state index >= 15 is 0 Å². The smallest absolute Gasteiger partial charge is 0.303 e. The van der Waals surface area contributed by atoms with Gasteiger partial charge in [-0.2, -0.15) is 0 Å². The summed E-state index contributed by atoms with van der Waals surface area (Å²) in [6.07, 6.45) is 3.83. The molecule has 0 aliphatic heterocycles. The molecule has 0 radical (unpaired) electrons. The van der Waals surface area contributed by atoms with Crippen molar-refractivity contribution >= 4 is 11.8 Å². The number of carboxylic acids is 1. The number of carboxylic acid groups (broad SMARTS) is 1. The zero-order valence-electron chi connectivity index (χ0n) is 23.1. The van der Waals surface area contributed by atoms with E-state index in [9.17, 15) is 4.79 Å². The Hall–Kier alpha value is -3.25. The van der Waals surface area contributed by atoms with Gasteiger partial charge in [-0.15, -0.1) is 0 Å². The summed E-state index contributed by atoms with van der Waals surface area (Å²) in [7, 11) is 0. The maximum absolute atomic E-state index is 11.0. The molecule has 6 heteroatoms. The lowest BCUT2D eigenvalue weighted by Gasteiger charge is -2.28. The standard InChI is InChI=1S/C31H41N3O3/c1-22(2)34(17-7-8-18-37-21-31(5,6)19-28(35)36)27-20-32-29(25-13-9-23(3)10-14-25)30(33-27)26-15-11-24(4)12-16-26/h9-16,20,22H,7-8,17-19,21H2,1-6H3,(H,35,36). The van der Waals surface area contributed by atoms with Crippen molar-refractivity contribution < 1.29 is 14.6 Å². The van der Waals surface area contributed by atoms with Crippen LogP contribution in [-0.4, -0.2) is 46.8 Å². The van der Waals surface area contributed by atoms with Crippen LogP contribution in [0.2, 0.25) is 0 Å². The Balaban J connectivity index is 1.75. The maximum Gasteiger partial charge on any atom is 0.303 e. The summed E-state index contributed by atoms with van der Waals surface area (Å²) in [4.78, 5) is 23.3. The highest BCUT2D eigenvalue weighted by molar-refractivity contribution is 5.79. The minimum absolute atomic E-state index is 0.106. The first-order chi connectivity index (χ1) is 17.6. The van der Waals surface area contributed by atoms with E-state index in [4.69, 9.17) is 19.8 Å². The van der Waals surface area contributed by atoms with Gasteiger partial charge in [0.1, 0.15) is 5.82 Å². The number of anilines is 1. The first-order valence-corrected chi connectivity index (χ1v) is 13.1. The van der Waals surface area contributed by atoms with Crippen molar-refractivity contribution in [3.05, 3.63) is 65.9 Å². The van der Waals surface area contributed by atoms with Crippen LogP contribution in [0, 0.1) is 19.3 Å². The molecule has 0 bridgehead atoms. The Morgan fingerprint density at radius 2 is 1.51 bits per heavy atom. The normalized spacial score (nSPS) is 11.6. The predicted molar refractivity (Wildman–Crippen MR) is 151 cm³/mol. The molecule has 2 aromatic carbocycles. The molecule has 0 unspecified atom stereocenters. The highest BCUT2D eigenvalue weighted by Crippen LogP contribution is 2.31. The fourth-order valence-corrected chi connectivity index (χ4v) is 4.29. The van der Waals surface area contributed by atoms with Gasteiger partial charge < -0.3 is 14.7 Å². The molecule has 1 N–H and O–H groups in total. The van der Waals surface area contributed by atoms with Gasteiger partial charge in [-0.05, 0) is 46.0 Å². The van der Waals surface area contributed by atoms with Crippen molar-refractivity contribution in [1.82, 2.24) is 9.97 Å². The minimum Gasteiger partial charge on any atom is -0.481 e. The van der Waals surface area contributed by atoms with E-state index in [2.05, 4.69) is 81.1 Å². The van der Waals surface area contributed by atoms with E-state index in [1.807, 2.05) is 20.0 Å². The number of aromatic nitrogens is 2. The molecule has 0 amide bonds. The molecule has 0 saturated heterocycles. The number of rotatable bonds is 13. The van der Waals surface area contributed by atoms with E-state index in [0.717, 1.165) is 47.7 Å². The lowest BCUT2D eigenvalue weighted by Crippen LogP contribution is -2.33. The van der Waals surface area contributed by atoms with Gasteiger partial charge in [0.05, 0.1) is 30.6 Å². The van der Waals surface area contributed by atoms with E-state index in [1.165, 1.54) is 11.1 Å². The van der Waals surface area contributed by atoms with Crippen LogP contribution in [0.4, 0.5) is 5.82 Å². The summed E-state index contributed by atoms with van der Waals surface area (Å²) in [5.74, 6) is 0.0747. The molecular weight excluding hydrogens is 462 g/mol. The highest BCUT2D eigenvalue weighted by Gasteiger charge is 2.22. The van der Waals surface area contributed by atoms with Crippen molar-refractivity contribution in [2.24, 2.45) is 5.41 Å². The molecule has 0 saturated carbocycles. The minimum atomic E-state index is -0.791. The third-order valence-corrected chi connectivity index (χ3v) is 6.39. The number of nitrogens with zero attached hydrogens (tertiary/aromatic N) is 3. The molecule has 1 heterocycles. The fourth-order valence-electron chi connectivity index (χ4n) is 4.29. The molecule has 0 atom stereocenters. The van der Waals surface area contributed by atoms with Crippen LogP contribution in [0.3, 0.4) is 0 Å². The van der Waals surface area contributed by atoms with Crippen molar-refractivity contribution in [2.75, 3.05) is 24.7 Å². The second kappa shape index (κ2) is 12.8. The van der Waals surface area contributed by atoms with E-state index in [1.54, 1.807) is 0 Å². The molecule has 3 aromatic rings. The quantitative estimate of drug-likeness (QED) is 0.255. The molecular formula is C31H41N3O3. The van der Waals surface area contributed by atoms with E-state index in [-0.39, 0.29) is 17.9 Å². The number of aliphatic carboxylic acids is 1. The van der Waals surface area contributed by atoms with Crippen molar-refractivity contribution in [3.63, 3.8) is 0 Å². The average molecular weight is 504 g/mol. The first-order valence-electron chi connectivity index (χ1n) is 13.1. The van der Waals surface area contributed by atoms with Gasteiger partial charge in [0.15, 0.2) is 0 Å². The second-order valence-electron chi connectivity index (χ2n) is 10.9. The molecule has 0 aliphatic carbocycles. The topological polar surface area (TPSA) is 75.6 Å². The zero-order chi connectivity index (χ0) is 27.0. The number of unbranched alkanes of at least 4 members (excludes halogenated alkanes) is 1. The van der Waals surface area contributed by atoms with Crippen LogP contribution in [0.15, 0.2) is 54.7 Å². The van der Waals surface area contributed by atoms with Gasteiger partial charge in [0, 0.05) is 30.3 Å². The Kier molecular flexibility index (Phi) is 9.81. The number of benzene rings is 2. The maximum atomic E-state index is 11.0. The first kappa shape index (κ1) is 28.3. The van der Waals surface area contributed by atoms with Crippen molar-refractivity contribution in [3.8, 4) is 22.5 Å². The number of carbonyl (C=O) groups is 1. The van der Waals surface area contributed by atoms with Crippen LogP contribution in [0.1, 0.15) is 58.1 Å². The molecule has 0 aliphatic rings. The molecule has 1 aromatic heterocycles. The Morgan fingerprint density at radius 1 is 0.946 bits per heavy atom. The predicted octanol–water partition coefficient (Wildman–Crippen LogP) is 6.94. The van der Waals surface area contributed by atoms with Gasteiger partial charge in [-0.25, -0.2) is 4.98 Å². The van der Waals surface area contributed by atoms with Crippen LogP contribution < -0.4 is 4.90 Å². The van der Waals surface area contributed by atoms with E-state index < -0.39 is 5.97 Å². The van der Waals surface area contributed by atoms with Crippen LogP contribution in [0.5, 0.6) is 0 Å². The number of ether oxygens (including phenoxy) is 1. The summed E-state index contributed by atoms with van der Waals surface area (Å²) in [5, 5.41) is 9.04. The second-order valence-corrected chi connectivity index (χ2v) is 10.9. The molecule has 6 nitrogen and oxygen atoms in total. The summed E-state index contributed by atoms with van der Waals surface area (Å²) < 4.78 is 5.80. The SMILES string of the molecule is Cc1ccc(-c2ncc(N(CCCCOCC(C)(C)CC(=O)O)C(C)C)nc2-c2ccc(C)cc2)cc1. The molecule has 3 rings (SSSR count). The Bertz CT molecular complexity index is 1160. The van der Waals surface area contributed by atoms with Gasteiger partial charge >= 0.3 is 5.97 Å². The molecule has 0 fully saturated rings. The molecule has 0 spiro atoms. The van der Waals surface area contributed by atoms with Gasteiger partial charge in [0.2, 0.25) is 0 Å². The lowest BCUT2D eigenvalue weighted by atomic mass is 9.91. The Morgan fingerprint density at radius 3 is 2.05 bits per heavy atom. The summed E-state index contributed by atoms with van der Waals surface area (Å²) >= 11 is 0. The van der Waals surface area contributed by atoms with Gasteiger partial charge in [-0.1, -0.05) is 73.5 Å². The highest BCUT2D eigenvalue weighted by atomic mass is 16.5. The largest absolute Gasteiger partial charge is 0.481 e. The third kappa shape index (κ3) is 8.39. The zero-order valence-corrected chi connectivity index (χ0v) is 23.1.